The van der Waals surface area contributed by atoms with E-state index < -0.39 is 0 Å². The number of nitrogens with zero attached hydrogens (tertiary/aromatic N) is 6. The maximum Gasteiger partial charge on any atom is 0.165 e. The molecule has 15 aromatic carbocycles. The third kappa shape index (κ3) is 6.73. The fourth-order valence-electron chi connectivity index (χ4n) is 17.4. The van der Waals surface area contributed by atoms with Crippen molar-refractivity contribution in [1.82, 2.24) is 29.1 Å². The summed E-state index contributed by atoms with van der Waals surface area (Å²) in [4.78, 5) is 23.0. The van der Waals surface area contributed by atoms with Gasteiger partial charge in [0.2, 0.25) is 0 Å². The zero-order valence-corrected chi connectivity index (χ0v) is 52.1. The summed E-state index contributed by atoms with van der Waals surface area (Å²) in [7, 11) is 0. The van der Waals surface area contributed by atoms with Crippen LogP contribution in [0.1, 0.15) is 49.9 Å². The van der Waals surface area contributed by atoms with Crippen LogP contribution in [-0.4, -0.2) is 29.1 Å². The van der Waals surface area contributed by atoms with E-state index in [1.807, 2.05) is 0 Å². The molecule has 0 fully saturated rings. The van der Waals surface area contributed by atoms with Gasteiger partial charge in [0.05, 0.1) is 44.1 Å². The van der Waals surface area contributed by atoms with E-state index in [4.69, 9.17) is 19.9 Å². The summed E-state index contributed by atoms with van der Waals surface area (Å²) in [6.45, 7) is 9.59. The quantitative estimate of drug-likeness (QED) is 0.166. The third-order valence-corrected chi connectivity index (χ3v) is 21.6. The van der Waals surface area contributed by atoms with Crippen LogP contribution in [-0.2, 0) is 10.8 Å². The topological polar surface area (TPSA) is 61.4 Å². The average molecular weight is 1200 g/mol. The van der Waals surface area contributed by atoms with E-state index in [1.54, 1.807) is 0 Å². The minimum Gasteiger partial charge on any atom is -0.292 e. The van der Waals surface area contributed by atoms with Crippen molar-refractivity contribution < 1.29 is 0 Å². The van der Waals surface area contributed by atoms with Gasteiger partial charge < -0.3 is 0 Å². The minimum atomic E-state index is -0.286. The molecule has 0 saturated heterocycles. The highest BCUT2D eigenvalue weighted by atomic mass is 15.1. The minimum absolute atomic E-state index is 0.201. The van der Waals surface area contributed by atoms with E-state index in [1.165, 1.54) is 108 Å². The molecule has 6 heteroatoms. The molecular formula is C88H56N6. The zero-order valence-electron chi connectivity index (χ0n) is 52.1. The van der Waals surface area contributed by atoms with Crippen LogP contribution in [0.4, 0.5) is 0 Å². The second kappa shape index (κ2) is 18.4. The molecule has 19 aromatic rings. The molecule has 438 valence electrons. The van der Waals surface area contributed by atoms with Gasteiger partial charge >= 0.3 is 0 Å². The highest BCUT2D eigenvalue weighted by Gasteiger charge is 2.38. The first-order valence-electron chi connectivity index (χ1n) is 32.7. The van der Waals surface area contributed by atoms with Crippen LogP contribution in [0, 0.1) is 0 Å². The summed E-state index contributed by atoms with van der Waals surface area (Å²) in [5, 5.41) is 19.9. The Morgan fingerprint density at radius 2 is 0.670 bits per heavy atom. The van der Waals surface area contributed by atoms with Crippen LogP contribution in [0.3, 0.4) is 0 Å². The summed E-state index contributed by atoms with van der Waals surface area (Å²) in [5.74, 6) is 1.60. The van der Waals surface area contributed by atoms with Crippen LogP contribution in [0.5, 0.6) is 0 Å². The van der Waals surface area contributed by atoms with Gasteiger partial charge in [-0.25, -0.2) is 19.9 Å². The fraction of sp³-hybridized carbons (Fsp3) is 0.0682. The van der Waals surface area contributed by atoms with E-state index in [2.05, 4.69) is 304 Å². The van der Waals surface area contributed by atoms with Crippen LogP contribution in [0.2, 0.25) is 0 Å². The van der Waals surface area contributed by atoms with Crippen LogP contribution in [0.15, 0.2) is 267 Å². The van der Waals surface area contributed by atoms with Gasteiger partial charge in [-0.15, -0.1) is 0 Å². The van der Waals surface area contributed by atoms with Gasteiger partial charge in [-0.1, -0.05) is 240 Å². The second-order valence-electron chi connectivity index (χ2n) is 27.1. The Morgan fingerprint density at radius 1 is 0.245 bits per heavy atom. The molecular weight excluding hydrogens is 1140 g/mol. The summed E-state index contributed by atoms with van der Waals surface area (Å²) >= 11 is 0. The van der Waals surface area contributed by atoms with E-state index in [9.17, 15) is 0 Å². The van der Waals surface area contributed by atoms with E-state index >= 15 is 0 Å². The molecule has 0 radical (unpaired) electrons. The molecule has 0 unspecified atom stereocenters. The van der Waals surface area contributed by atoms with Crippen molar-refractivity contribution in [3.05, 3.63) is 289 Å². The molecule has 0 spiro atoms. The molecule has 4 heterocycles. The lowest BCUT2D eigenvalue weighted by Gasteiger charge is -2.22. The van der Waals surface area contributed by atoms with Gasteiger partial charge in [0.15, 0.2) is 11.6 Å². The SMILES string of the molecule is CC1(C)c2cccc3c4cc(-c5cccc6nc(-n7c8cccc9c%10ccccc%10c%10cccc%11c%10c%10c(ccc7c%10c98)C%11(C)C)c(-c7ccccc7)nc56)ccc4c4cccc5c4c4c(c1ccc4n5-c1nc4ccccc4nc1-c1cccc(-c4ccccc4)c1)c23. The van der Waals surface area contributed by atoms with Gasteiger partial charge in [-0.3, -0.25) is 9.13 Å². The smallest absolute Gasteiger partial charge is 0.165 e. The van der Waals surface area contributed by atoms with Crippen molar-refractivity contribution in [1.29, 1.82) is 0 Å². The maximum absolute atomic E-state index is 5.93. The predicted octanol–water partition coefficient (Wildman–Crippen LogP) is 22.6. The standard InChI is InChI=1S/C88H56N6/c1-87(2)63-34-16-30-58-55-27-11-12-28-56(55)59-32-19-39-70-76(59)80-72(45-43-65(87)78(80)74(58)63)93(70)85-82(50-23-9-6-10-24-50)92-84-54(29-18-38-69(84)91-85)52-41-42-57-60-33-20-40-71-77(60)81-73(46-44-66-79(81)75-61(62(57)48-52)31-17-35-64(75)88(66,3)4)94(71)86-83(89-67-36-13-14-37-68(67)90-86)53-26-15-25-51(47-53)49-21-7-5-8-22-49/h5-48H,1-4H3. The Kier molecular flexibility index (Phi) is 10.2. The highest BCUT2D eigenvalue weighted by Crippen LogP contribution is 2.56. The first kappa shape index (κ1) is 51.8. The summed E-state index contributed by atoms with van der Waals surface area (Å²) in [6.07, 6.45) is 0. The molecule has 94 heavy (non-hydrogen) atoms. The maximum atomic E-state index is 5.93. The lowest BCUT2D eigenvalue weighted by molar-refractivity contribution is 0.663. The molecule has 0 saturated carbocycles. The predicted molar refractivity (Wildman–Crippen MR) is 392 cm³/mol. The molecule has 21 rings (SSSR count). The van der Waals surface area contributed by atoms with Crippen molar-refractivity contribution in [3.8, 4) is 56.4 Å². The molecule has 0 aliphatic heterocycles. The van der Waals surface area contributed by atoms with Crippen LogP contribution in [0.25, 0.3) is 187 Å². The van der Waals surface area contributed by atoms with Crippen molar-refractivity contribution in [2.24, 2.45) is 0 Å². The highest BCUT2D eigenvalue weighted by molar-refractivity contribution is 6.37. The summed E-state index contributed by atoms with van der Waals surface area (Å²) in [6, 6.07) is 98.2. The summed E-state index contributed by atoms with van der Waals surface area (Å²) < 4.78 is 4.84. The Morgan fingerprint density at radius 3 is 1.29 bits per heavy atom. The monoisotopic (exact) mass is 1200 g/mol. The van der Waals surface area contributed by atoms with E-state index in [-0.39, 0.29) is 10.8 Å². The first-order valence-corrected chi connectivity index (χ1v) is 32.7. The van der Waals surface area contributed by atoms with Gasteiger partial charge in [0, 0.05) is 49.1 Å². The Hall–Kier alpha value is -11.9. The number of fused-ring (bicyclic) bond motifs is 8. The van der Waals surface area contributed by atoms with Gasteiger partial charge in [0.25, 0.3) is 0 Å². The molecule has 2 aliphatic rings. The van der Waals surface area contributed by atoms with Crippen LogP contribution < -0.4 is 0 Å². The van der Waals surface area contributed by atoms with E-state index in [0.717, 1.165) is 101 Å². The van der Waals surface area contributed by atoms with E-state index in [0.29, 0.717) is 0 Å². The molecule has 2 aliphatic carbocycles. The molecule has 6 nitrogen and oxygen atoms in total. The Balaban J connectivity index is 0.831. The Bertz CT molecular complexity index is 6650. The fourth-order valence-corrected chi connectivity index (χ4v) is 17.4. The van der Waals surface area contributed by atoms with Crippen molar-refractivity contribution in [2.45, 2.75) is 38.5 Å². The number of para-hydroxylation sites is 3. The summed E-state index contributed by atoms with van der Waals surface area (Å²) in [5.41, 5.74) is 20.7. The number of hydrogen-bond donors (Lipinski definition) is 0. The molecule has 0 bridgehead atoms. The molecule has 0 N–H and O–H groups in total. The van der Waals surface area contributed by atoms with Gasteiger partial charge in [-0.05, 0) is 158 Å². The van der Waals surface area contributed by atoms with Crippen molar-refractivity contribution in [3.63, 3.8) is 0 Å². The largest absolute Gasteiger partial charge is 0.292 e. The number of rotatable bonds is 6. The molecule has 4 aromatic heterocycles. The third-order valence-electron chi connectivity index (χ3n) is 21.6. The van der Waals surface area contributed by atoms with Gasteiger partial charge in [-0.2, -0.15) is 0 Å². The van der Waals surface area contributed by atoms with Crippen molar-refractivity contribution >= 4 is 130 Å². The average Bonchev–Trinajstić information content (AvgIpc) is 1.52. The number of benzene rings is 13. The van der Waals surface area contributed by atoms with Crippen LogP contribution >= 0.6 is 0 Å². The normalized spacial score (nSPS) is 13.9. The van der Waals surface area contributed by atoms with Gasteiger partial charge in [0.1, 0.15) is 11.4 Å². The lowest BCUT2D eigenvalue weighted by Crippen LogP contribution is -2.15. The number of hydrogen-bond acceptors (Lipinski definition) is 4. The second-order valence-corrected chi connectivity index (χ2v) is 27.1. The Labute approximate surface area is 540 Å². The molecule has 0 amide bonds. The van der Waals surface area contributed by atoms with Crippen molar-refractivity contribution in [2.75, 3.05) is 0 Å². The molecule has 0 atom stereocenters. The number of aromatic nitrogens is 6. The first-order chi connectivity index (χ1) is 46.2. The lowest BCUT2D eigenvalue weighted by atomic mass is 9.81. The zero-order chi connectivity index (χ0) is 62.0.